The molecule has 3 aromatic carbocycles. The van der Waals surface area contributed by atoms with E-state index < -0.39 is 12.1 Å². The molecule has 0 radical (unpaired) electrons. The molecule has 5 aromatic rings. The maximum atomic E-state index is 14.2. The summed E-state index contributed by atoms with van der Waals surface area (Å²) < 4.78 is 0. The lowest BCUT2D eigenvalue weighted by molar-refractivity contribution is -0.138. The fraction of sp³-hybridized carbons (Fsp3) is 0.400. The summed E-state index contributed by atoms with van der Waals surface area (Å²) in [5, 5.41) is 11.7. The number of carbonyl (C=O) groups is 3. The molecule has 0 saturated carbocycles. The predicted molar refractivity (Wildman–Crippen MR) is 221 cm³/mol. The van der Waals surface area contributed by atoms with Crippen molar-refractivity contribution in [2.75, 3.05) is 26.2 Å². The van der Waals surface area contributed by atoms with E-state index in [4.69, 9.17) is 4.98 Å². The zero-order chi connectivity index (χ0) is 40.1. The first-order chi connectivity index (χ1) is 27.6. The van der Waals surface area contributed by atoms with Gasteiger partial charge in [-0.2, -0.15) is 0 Å². The Balaban J connectivity index is 1.00. The van der Waals surface area contributed by atoms with Crippen molar-refractivity contribution in [3.05, 3.63) is 108 Å². The zero-order valence-corrected chi connectivity index (χ0v) is 33.3. The number of carbonyl (C=O) groups excluding carboxylic acids is 2. The Morgan fingerprint density at radius 1 is 0.754 bits per heavy atom. The molecule has 2 aromatic heterocycles. The second-order valence-corrected chi connectivity index (χ2v) is 15.5. The van der Waals surface area contributed by atoms with Gasteiger partial charge < -0.3 is 30.2 Å². The molecule has 57 heavy (non-hydrogen) atoms. The molecule has 7 rings (SSSR count). The minimum atomic E-state index is -1.12. The molecular formula is C45H54N8O4. The van der Waals surface area contributed by atoms with E-state index in [2.05, 4.69) is 99.7 Å². The van der Waals surface area contributed by atoms with Gasteiger partial charge in [-0.05, 0) is 72.5 Å². The van der Waals surface area contributed by atoms with Crippen LogP contribution in [0.25, 0.3) is 33.6 Å². The van der Waals surface area contributed by atoms with E-state index in [9.17, 15) is 19.5 Å². The summed E-state index contributed by atoms with van der Waals surface area (Å²) in [4.78, 5) is 61.3. The molecule has 2 aliphatic rings. The summed E-state index contributed by atoms with van der Waals surface area (Å²) >= 11 is 0. The highest BCUT2D eigenvalue weighted by molar-refractivity contribution is 5.84. The molecule has 298 valence electrons. The van der Waals surface area contributed by atoms with Gasteiger partial charge in [-0.15, -0.1) is 0 Å². The molecule has 4 N–H and O–H groups in total. The van der Waals surface area contributed by atoms with Gasteiger partial charge in [-0.1, -0.05) is 107 Å². The number of nitrogens with one attached hydrogen (secondary N) is 3. The average molecular weight is 771 g/mol. The Hall–Kier alpha value is -5.75. The van der Waals surface area contributed by atoms with Crippen LogP contribution < -0.4 is 5.32 Å². The quantitative estimate of drug-likeness (QED) is 0.0889. The van der Waals surface area contributed by atoms with Crippen LogP contribution >= 0.6 is 0 Å². The molecule has 2 fully saturated rings. The molecule has 12 nitrogen and oxygen atoms in total. The fourth-order valence-corrected chi connectivity index (χ4v) is 8.46. The third kappa shape index (κ3) is 8.66. The van der Waals surface area contributed by atoms with Gasteiger partial charge in [0.05, 0.1) is 35.9 Å². The third-order valence-corrected chi connectivity index (χ3v) is 11.7. The Morgan fingerprint density at radius 2 is 1.25 bits per heavy atom. The van der Waals surface area contributed by atoms with E-state index in [0.717, 1.165) is 89.6 Å². The van der Waals surface area contributed by atoms with Crippen molar-refractivity contribution < 1.29 is 19.5 Å². The number of rotatable bonds is 14. The fourth-order valence-electron chi connectivity index (χ4n) is 8.46. The lowest BCUT2D eigenvalue weighted by Crippen LogP contribution is -2.43. The second-order valence-electron chi connectivity index (χ2n) is 15.5. The Labute approximate surface area is 334 Å². The van der Waals surface area contributed by atoms with Crippen molar-refractivity contribution >= 4 is 17.9 Å². The van der Waals surface area contributed by atoms with Crippen LogP contribution in [0.1, 0.15) is 95.1 Å². The van der Waals surface area contributed by atoms with Crippen molar-refractivity contribution in [2.45, 2.75) is 84.0 Å². The molecule has 2 saturated heterocycles. The first-order valence-electron chi connectivity index (χ1n) is 20.3. The number of imidazole rings is 2. The largest absolute Gasteiger partial charge is 0.465 e. The van der Waals surface area contributed by atoms with Gasteiger partial charge in [0, 0.05) is 25.6 Å². The first-order valence-corrected chi connectivity index (χ1v) is 20.3. The van der Waals surface area contributed by atoms with Gasteiger partial charge in [-0.25, -0.2) is 14.8 Å². The van der Waals surface area contributed by atoms with Gasteiger partial charge in [-0.3, -0.25) is 14.5 Å². The maximum Gasteiger partial charge on any atom is 0.404 e. The highest BCUT2D eigenvalue weighted by Gasteiger charge is 2.38. The van der Waals surface area contributed by atoms with Gasteiger partial charge in [0.2, 0.25) is 11.8 Å². The van der Waals surface area contributed by atoms with Crippen LogP contribution in [-0.4, -0.2) is 89.9 Å². The standard InChI is InChI=1S/C45H54N8O4/c1-5-51(6-2)41(34-12-8-7-9-13-34)44(55)53-25-11-15-39(53)43-47-28-37(49-43)33-22-18-31(19-23-33)30-16-20-32(21-17-30)36-27-46-42(48-36)38-14-10-24-52(38)40(54)26-35(29(3)4)50-45(56)57/h7-9,12-13,16-23,27-29,35,38-39,41,50H,5-6,10-11,14-15,24-26H2,1-4H3,(H,46,48)(H,47,49)(H,56,57)/t35-,38+,39+,41-/m1/s1. The summed E-state index contributed by atoms with van der Waals surface area (Å²) in [7, 11) is 0. The molecule has 0 unspecified atom stereocenters. The van der Waals surface area contributed by atoms with Gasteiger partial charge in [0.1, 0.15) is 17.7 Å². The second kappa shape index (κ2) is 17.6. The molecule has 0 bridgehead atoms. The van der Waals surface area contributed by atoms with Crippen LogP contribution in [0, 0.1) is 5.92 Å². The molecule has 2 aliphatic heterocycles. The summed E-state index contributed by atoms with van der Waals surface area (Å²) in [5.41, 5.74) is 7.00. The van der Waals surface area contributed by atoms with Crippen LogP contribution in [0.5, 0.6) is 0 Å². The number of H-pyrrole nitrogens is 2. The summed E-state index contributed by atoms with van der Waals surface area (Å²) in [5.74, 6) is 1.63. The summed E-state index contributed by atoms with van der Waals surface area (Å²) in [6, 6.07) is 25.8. The van der Waals surface area contributed by atoms with Crippen LogP contribution in [0.15, 0.2) is 91.3 Å². The smallest absolute Gasteiger partial charge is 0.404 e. The van der Waals surface area contributed by atoms with E-state index in [1.54, 1.807) is 0 Å². The van der Waals surface area contributed by atoms with Crippen molar-refractivity contribution in [1.82, 2.24) is 40.0 Å². The minimum Gasteiger partial charge on any atom is -0.465 e. The van der Waals surface area contributed by atoms with Crippen LogP contribution in [0.3, 0.4) is 0 Å². The molecule has 0 spiro atoms. The lowest BCUT2D eigenvalue weighted by Gasteiger charge is -2.34. The van der Waals surface area contributed by atoms with E-state index in [1.807, 2.05) is 54.2 Å². The number of hydrogen-bond donors (Lipinski definition) is 4. The third-order valence-electron chi connectivity index (χ3n) is 11.7. The van der Waals surface area contributed by atoms with Crippen LogP contribution in [0.4, 0.5) is 4.79 Å². The number of hydrogen-bond acceptors (Lipinski definition) is 6. The van der Waals surface area contributed by atoms with Gasteiger partial charge >= 0.3 is 6.09 Å². The molecular weight excluding hydrogens is 717 g/mol. The lowest BCUT2D eigenvalue weighted by atomic mass is 10.00. The number of aromatic amines is 2. The van der Waals surface area contributed by atoms with Crippen molar-refractivity contribution in [3.63, 3.8) is 0 Å². The first kappa shape index (κ1) is 39.5. The molecule has 0 aliphatic carbocycles. The number of aromatic nitrogens is 4. The van der Waals surface area contributed by atoms with Crippen molar-refractivity contribution in [2.24, 2.45) is 5.92 Å². The number of likely N-dealkylation sites (tertiary alicyclic amines) is 2. The Bertz CT molecular complexity index is 2120. The minimum absolute atomic E-state index is 0.00341. The SMILES string of the molecule is CCN(CC)[C@@H](C(=O)N1CCC[C@H]1c1ncc(-c2ccc(-c3ccc(-c4cnc([C@@H]5CCCN5C(=O)C[C@@H](NC(=O)O)C(C)C)[nH]4)cc3)cc2)[nH]1)c1ccccc1. The zero-order valence-electron chi connectivity index (χ0n) is 33.3. The summed E-state index contributed by atoms with van der Waals surface area (Å²) in [6.45, 7) is 11.0. The number of carboxylic acid groups (broad SMARTS) is 1. The van der Waals surface area contributed by atoms with Crippen LogP contribution in [-0.2, 0) is 9.59 Å². The highest BCUT2D eigenvalue weighted by Crippen LogP contribution is 2.37. The summed E-state index contributed by atoms with van der Waals surface area (Å²) in [6.07, 6.45) is 6.17. The maximum absolute atomic E-state index is 14.2. The average Bonchev–Trinajstić information content (AvgIpc) is 4.07. The molecule has 4 atom stereocenters. The monoisotopic (exact) mass is 770 g/mol. The number of amides is 3. The Morgan fingerprint density at radius 3 is 1.74 bits per heavy atom. The van der Waals surface area contributed by atoms with Crippen LogP contribution in [0.2, 0.25) is 0 Å². The van der Waals surface area contributed by atoms with Crippen molar-refractivity contribution in [1.29, 1.82) is 0 Å². The van der Waals surface area contributed by atoms with E-state index in [1.165, 1.54) is 0 Å². The number of likely N-dealkylation sites (N-methyl/N-ethyl adjacent to an activating group) is 1. The van der Waals surface area contributed by atoms with E-state index in [-0.39, 0.29) is 42.3 Å². The van der Waals surface area contributed by atoms with Gasteiger partial charge in [0.25, 0.3) is 0 Å². The van der Waals surface area contributed by atoms with E-state index in [0.29, 0.717) is 13.1 Å². The topological polar surface area (TPSA) is 151 Å². The normalized spacial score (nSPS) is 18.0. The number of benzene rings is 3. The van der Waals surface area contributed by atoms with Gasteiger partial charge in [0.15, 0.2) is 0 Å². The van der Waals surface area contributed by atoms with E-state index >= 15 is 0 Å². The number of nitrogens with zero attached hydrogens (tertiary/aromatic N) is 5. The highest BCUT2D eigenvalue weighted by atomic mass is 16.4. The molecule has 3 amide bonds. The predicted octanol–water partition coefficient (Wildman–Crippen LogP) is 8.23. The Kier molecular flexibility index (Phi) is 12.2. The molecule has 12 heteroatoms. The van der Waals surface area contributed by atoms with Crippen molar-refractivity contribution in [3.8, 4) is 33.6 Å². The molecule has 4 heterocycles.